The smallest absolute Gasteiger partial charge is 0.354 e. The van der Waals surface area contributed by atoms with Crippen LogP contribution in [-0.2, 0) is 11.3 Å². The summed E-state index contributed by atoms with van der Waals surface area (Å²) in [5.41, 5.74) is 1.44. The molecular weight excluding hydrogens is 282 g/mol. The van der Waals surface area contributed by atoms with Crippen molar-refractivity contribution in [3.05, 3.63) is 38.2 Å². The zero-order valence-corrected chi connectivity index (χ0v) is 11.7. The van der Waals surface area contributed by atoms with Crippen LogP contribution in [0.25, 0.3) is 0 Å². The van der Waals surface area contributed by atoms with Crippen molar-refractivity contribution in [2.75, 3.05) is 5.32 Å². The SMILES string of the molecule is Cc1cc(NC(=O)Cn2c(C)csc2=O)c(C(=O)O)[nH]1. The van der Waals surface area contributed by atoms with Crippen LogP contribution in [0.5, 0.6) is 0 Å². The van der Waals surface area contributed by atoms with Gasteiger partial charge in [-0.1, -0.05) is 11.3 Å². The molecule has 0 fully saturated rings. The molecule has 7 nitrogen and oxygen atoms in total. The quantitative estimate of drug-likeness (QED) is 0.788. The van der Waals surface area contributed by atoms with E-state index in [9.17, 15) is 14.4 Å². The number of thiazole rings is 1. The van der Waals surface area contributed by atoms with Gasteiger partial charge in [-0.3, -0.25) is 14.2 Å². The molecule has 0 atom stereocenters. The molecule has 2 aromatic rings. The molecular formula is C12H13N3O4S. The number of rotatable bonds is 4. The summed E-state index contributed by atoms with van der Waals surface area (Å²) in [6.07, 6.45) is 0. The fourth-order valence-electron chi connectivity index (χ4n) is 1.79. The van der Waals surface area contributed by atoms with Crippen LogP contribution in [0.1, 0.15) is 21.9 Å². The third-order valence-electron chi connectivity index (χ3n) is 2.72. The molecule has 0 aliphatic heterocycles. The van der Waals surface area contributed by atoms with Crippen LogP contribution >= 0.6 is 11.3 Å². The van der Waals surface area contributed by atoms with Crippen molar-refractivity contribution < 1.29 is 14.7 Å². The Morgan fingerprint density at radius 1 is 1.45 bits per heavy atom. The maximum atomic E-state index is 11.9. The monoisotopic (exact) mass is 295 g/mol. The van der Waals surface area contributed by atoms with E-state index in [1.54, 1.807) is 19.2 Å². The van der Waals surface area contributed by atoms with Gasteiger partial charge in [-0.25, -0.2) is 4.79 Å². The minimum atomic E-state index is -1.16. The standard InChI is InChI=1S/C12H13N3O4S/c1-6-3-8(10(13-6)11(17)18)14-9(16)4-15-7(2)5-20-12(15)19/h3,5,13H,4H2,1-2H3,(H,14,16)(H,17,18). The summed E-state index contributed by atoms with van der Waals surface area (Å²) in [4.78, 5) is 36.8. The van der Waals surface area contributed by atoms with Crippen molar-refractivity contribution in [2.45, 2.75) is 20.4 Å². The lowest BCUT2D eigenvalue weighted by Crippen LogP contribution is -2.25. The van der Waals surface area contributed by atoms with Crippen LogP contribution in [0.15, 0.2) is 16.2 Å². The fourth-order valence-corrected chi connectivity index (χ4v) is 2.52. The normalized spacial score (nSPS) is 10.5. The second kappa shape index (κ2) is 5.33. The number of hydrogen-bond donors (Lipinski definition) is 3. The van der Waals surface area contributed by atoms with Crippen LogP contribution in [0.2, 0.25) is 0 Å². The topological polar surface area (TPSA) is 104 Å². The molecule has 20 heavy (non-hydrogen) atoms. The van der Waals surface area contributed by atoms with E-state index in [0.29, 0.717) is 11.4 Å². The van der Waals surface area contributed by atoms with E-state index >= 15 is 0 Å². The lowest BCUT2D eigenvalue weighted by molar-refractivity contribution is -0.116. The number of aromatic amines is 1. The molecule has 2 heterocycles. The molecule has 0 aliphatic carbocycles. The van der Waals surface area contributed by atoms with Crippen LogP contribution in [0.3, 0.4) is 0 Å². The van der Waals surface area contributed by atoms with Crippen LogP contribution < -0.4 is 10.2 Å². The molecule has 0 unspecified atom stereocenters. The van der Waals surface area contributed by atoms with Crippen molar-refractivity contribution in [1.29, 1.82) is 0 Å². The molecule has 8 heteroatoms. The van der Waals surface area contributed by atoms with Crippen molar-refractivity contribution in [2.24, 2.45) is 0 Å². The number of carboxylic acid groups (broad SMARTS) is 1. The molecule has 0 saturated heterocycles. The average molecular weight is 295 g/mol. The number of nitrogens with zero attached hydrogens (tertiary/aromatic N) is 1. The van der Waals surface area contributed by atoms with Gasteiger partial charge >= 0.3 is 10.8 Å². The maximum Gasteiger partial charge on any atom is 0.354 e. The molecule has 0 aromatic carbocycles. The first-order chi connectivity index (χ1) is 9.38. The molecule has 106 valence electrons. The number of amides is 1. The van der Waals surface area contributed by atoms with Gasteiger partial charge in [0.05, 0.1) is 5.69 Å². The Bertz CT molecular complexity index is 725. The lowest BCUT2D eigenvalue weighted by atomic mass is 10.3. The first-order valence-electron chi connectivity index (χ1n) is 5.76. The highest BCUT2D eigenvalue weighted by Crippen LogP contribution is 2.16. The zero-order valence-electron chi connectivity index (χ0n) is 10.9. The largest absolute Gasteiger partial charge is 0.477 e. The fraction of sp³-hybridized carbons (Fsp3) is 0.250. The molecule has 3 N–H and O–H groups in total. The number of H-pyrrole nitrogens is 1. The van der Waals surface area contributed by atoms with Gasteiger partial charge in [-0.05, 0) is 19.9 Å². The van der Waals surface area contributed by atoms with Crippen molar-refractivity contribution in [1.82, 2.24) is 9.55 Å². The highest BCUT2D eigenvalue weighted by molar-refractivity contribution is 7.07. The Hall–Kier alpha value is -2.35. The number of aromatic carboxylic acids is 1. The third kappa shape index (κ3) is 2.80. The van der Waals surface area contributed by atoms with Gasteiger partial charge in [0.2, 0.25) is 5.91 Å². The van der Waals surface area contributed by atoms with Gasteiger partial charge in [0.15, 0.2) is 0 Å². The Labute approximate surface area is 117 Å². The van der Waals surface area contributed by atoms with Crippen LogP contribution in [0.4, 0.5) is 5.69 Å². The third-order valence-corrected chi connectivity index (χ3v) is 3.60. The van der Waals surface area contributed by atoms with Crippen molar-refractivity contribution in [3.8, 4) is 0 Å². The summed E-state index contributed by atoms with van der Waals surface area (Å²) in [6, 6.07) is 1.53. The van der Waals surface area contributed by atoms with E-state index in [1.807, 2.05) is 0 Å². The predicted molar refractivity (Wildman–Crippen MR) is 74.4 cm³/mol. The van der Waals surface area contributed by atoms with Gasteiger partial charge in [-0.15, -0.1) is 0 Å². The Morgan fingerprint density at radius 2 is 2.15 bits per heavy atom. The molecule has 0 radical (unpaired) electrons. The molecule has 2 aromatic heterocycles. The Balaban J connectivity index is 2.17. The summed E-state index contributed by atoms with van der Waals surface area (Å²) in [6.45, 7) is 3.28. The van der Waals surface area contributed by atoms with E-state index in [2.05, 4.69) is 10.3 Å². The predicted octanol–water partition coefficient (Wildman–Crippen LogP) is 1.19. The summed E-state index contributed by atoms with van der Waals surface area (Å²) in [5, 5.41) is 13.2. The summed E-state index contributed by atoms with van der Waals surface area (Å²) >= 11 is 1.02. The molecule has 0 saturated carbocycles. The second-order valence-electron chi connectivity index (χ2n) is 4.32. The number of aromatic nitrogens is 2. The number of carbonyl (C=O) groups excluding carboxylic acids is 1. The molecule has 0 aliphatic rings. The highest BCUT2D eigenvalue weighted by atomic mass is 32.1. The maximum absolute atomic E-state index is 11.9. The van der Waals surface area contributed by atoms with Gasteiger partial charge in [0.25, 0.3) is 0 Å². The van der Waals surface area contributed by atoms with Gasteiger partial charge in [-0.2, -0.15) is 0 Å². The highest BCUT2D eigenvalue weighted by Gasteiger charge is 2.16. The van der Waals surface area contributed by atoms with E-state index in [4.69, 9.17) is 5.11 Å². The average Bonchev–Trinajstić information content (AvgIpc) is 2.86. The number of aryl methyl sites for hydroxylation is 2. The van der Waals surface area contributed by atoms with Gasteiger partial charge < -0.3 is 15.4 Å². The zero-order chi connectivity index (χ0) is 14.9. The van der Waals surface area contributed by atoms with E-state index in [1.165, 1.54) is 10.6 Å². The Morgan fingerprint density at radius 3 is 2.70 bits per heavy atom. The number of hydrogen-bond acceptors (Lipinski definition) is 4. The van der Waals surface area contributed by atoms with Gasteiger partial charge in [0, 0.05) is 16.8 Å². The minimum absolute atomic E-state index is 0.0785. The number of anilines is 1. The first kappa shape index (κ1) is 14.1. The van der Waals surface area contributed by atoms with E-state index < -0.39 is 11.9 Å². The first-order valence-corrected chi connectivity index (χ1v) is 6.64. The van der Waals surface area contributed by atoms with Gasteiger partial charge in [0.1, 0.15) is 12.2 Å². The van der Waals surface area contributed by atoms with E-state index in [0.717, 1.165) is 11.3 Å². The van der Waals surface area contributed by atoms with Crippen molar-refractivity contribution in [3.63, 3.8) is 0 Å². The number of carbonyl (C=O) groups is 2. The summed E-state index contributed by atoms with van der Waals surface area (Å²) in [5.74, 6) is -1.60. The molecule has 1 amide bonds. The second-order valence-corrected chi connectivity index (χ2v) is 5.14. The number of carboxylic acids is 1. The summed E-state index contributed by atoms with van der Waals surface area (Å²) < 4.78 is 1.33. The minimum Gasteiger partial charge on any atom is -0.477 e. The summed E-state index contributed by atoms with van der Waals surface area (Å²) in [7, 11) is 0. The Kier molecular flexibility index (Phi) is 3.75. The molecule has 0 bridgehead atoms. The van der Waals surface area contributed by atoms with Crippen LogP contribution in [-0.4, -0.2) is 26.5 Å². The molecule has 2 rings (SSSR count). The lowest BCUT2D eigenvalue weighted by Gasteiger charge is -2.06. The van der Waals surface area contributed by atoms with E-state index in [-0.39, 0.29) is 22.8 Å². The van der Waals surface area contributed by atoms with Crippen molar-refractivity contribution >= 4 is 28.9 Å². The number of nitrogens with one attached hydrogen (secondary N) is 2. The van der Waals surface area contributed by atoms with Crippen LogP contribution in [0, 0.1) is 13.8 Å². The molecule has 0 spiro atoms.